The predicted molar refractivity (Wildman–Crippen MR) is 84.6 cm³/mol. The molecule has 3 rings (SSSR count). The predicted octanol–water partition coefficient (Wildman–Crippen LogP) is 1.35. The van der Waals surface area contributed by atoms with Gasteiger partial charge in [-0.15, -0.1) is 0 Å². The molecule has 1 aliphatic rings. The van der Waals surface area contributed by atoms with Gasteiger partial charge in [0.05, 0.1) is 30.5 Å². The van der Waals surface area contributed by atoms with E-state index in [1.54, 1.807) is 7.11 Å². The average molecular weight is 302 g/mol. The van der Waals surface area contributed by atoms with Crippen molar-refractivity contribution >= 4 is 10.9 Å². The number of nitrogens with one attached hydrogen (secondary N) is 1. The van der Waals surface area contributed by atoms with Crippen molar-refractivity contribution in [2.75, 3.05) is 26.9 Å². The molecule has 0 saturated carbocycles. The summed E-state index contributed by atoms with van der Waals surface area (Å²) < 4.78 is 10.7. The lowest BCUT2D eigenvalue weighted by atomic mass is 9.96. The fraction of sp³-hybridized carbons (Fsp3) is 0.471. The summed E-state index contributed by atoms with van der Waals surface area (Å²) in [5.74, 6) is 0.0409. The fourth-order valence-electron chi connectivity index (χ4n) is 2.82. The van der Waals surface area contributed by atoms with Crippen LogP contribution in [0, 0.1) is 5.92 Å². The number of aliphatic hydroxyl groups is 1. The van der Waals surface area contributed by atoms with E-state index in [2.05, 4.69) is 22.4 Å². The Morgan fingerprint density at radius 2 is 2.14 bits per heavy atom. The minimum Gasteiger partial charge on any atom is -0.390 e. The molecule has 1 saturated heterocycles. The lowest BCUT2D eigenvalue weighted by Gasteiger charge is -2.33. The lowest BCUT2D eigenvalue weighted by molar-refractivity contribution is -0.133. The van der Waals surface area contributed by atoms with Gasteiger partial charge >= 0.3 is 0 Å². The summed E-state index contributed by atoms with van der Waals surface area (Å²) in [4.78, 5) is 4.63. The van der Waals surface area contributed by atoms with Gasteiger partial charge in [0.15, 0.2) is 0 Å². The van der Waals surface area contributed by atoms with Crippen LogP contribution in [0.15, 0.2) is 36.4 Å². The highest BCUT2D eigenvalue weighted by Gasteiger charge is 2.32. The third kappa shape index (κ3) is 3.44. The van der Waals surface area contributed by atoms with Gasteiger partial charge in [-0.25, -0.2) is 0 Å². The van der Waals surface area contributed by atoms with E-state index in [0.717, 1.165) is 16.6 Å². The van der Waals surface area contributed by atoms with Gasteiger partial charge in [-0.3, -0.25) is 4.98 Å². The maximum Gasteiger partial charge on any atom is 0.107 e. The van der Waals surface area contributed by atoms with Gasteiger partial charge in [0.1, 0.15) is 6.10 Å². The summed E-state index contributed by atoms with van der Waals surface area (Å²) in [7, 11) is 1.60. The number of benzene rings is 1. The molecule has 1 aromatic carbocycles. The topological polar surface area (TPSA) is 63.6 Å². The van der Waals surface area contributed by atoms with Gasteiger partial charge in [0, 0.05) is 31.5 Å². The molecule has 2 heterocycles. The van der Waals surface area contributed by atoms with Crippen LogP contribution in [0.3, 0.4) is 0 Å². The molecular weight excluding hydrogens is 280 g/mol. The molecule has 5 nitrogen and oxygen atoms in total. The van der Waals surface area contributed by atoms with Crippen LogP contribution in [-0.4, -0.2) is 49.2 Å². The SMILES string of the molecule is CO[C@@H]1COC[C@@H](CNCc2ccc3ccccc3n2)[C@@H]1O. The van der Waals surface area contributed by atoms with Crippen molar-refractivity contribution in [3.63, 3.8) is 0 Å². The standard InChI is InChI=1S/C17H22N2O3/c1-21-16-11-22-10-13(17(16)20)8-18-9-14-7-6-12-4-2-3-5-15(12)19-14/h2-7,13,16-18,20H,8-11H2,1H3/t13-,16-,17+/m1/s1. The summed E-state index contributed by atoms with van der Waals surface area (Å²) in [6.45, 7) is 2.36. The van der Waals surface area contributed by atoms with Gasteiger partial charge in [-0.2, -0.15) is 0 Å². The molecule has 3 atom stereocenters. The second kappa shape index (κ2) is 7.15. The monoisotopic (exact) mass is 302 g/mol. The van der Waals surface area contributed by atoms with Crippen molar-refractivity contribution in [2.24, 2.45) is 5.92 Å². The van der Waals surface area contributed by atoms with Gasteiger partial charge in [0.25, 0.3) is 0 Å². The van der Waals surface area contributed by atoms with Crippen LogP contribution in [0.1, 0.15) is 5.69 Å². The maximum atomic E-state index is 10.2. The van der Waals surface area contributed by atoms with Crippen LogP contribution < -0.4 is 5.32 Å². The van der Waals surface area contributed by atoms with Crippen molar-refractivity contribution in [1.82, 2.24) is 10.3 Å². The minimum atomic E-state index is -0.490. The van der Waals surface area contributed by atoms with Gasteiger partial charge in [-0.1, -0.05) is 24.3 Å². The first-order valence-electron chi connectivity index (χ1n) is 7.62. The summed E-state index contributed by atoms with van der Waals surface area (Å²) in [5.41, 5.74) is 2.00. The molecule has 0 amide bonds. The summed E-state index contributed by atoms with van der Waals surface area (Å²) in [6.07, 6.45) is -0.727. The highest BCUT2D eigenvalue weighted by Crippen LogP contribution is 2.17. The summed E-state index contributed by atoms with van der Waals surface area (Å²) in [5, 5.41) is 14.7. The van der Waals surface area contributed by atoms with E-state index in [1.165, 1.54) is 0 Å². The number of methoxy groups -OCH3 is 1. The van der Waals surface area contributed by atoms with E-state index < -0.39 is 6.10 Å². The van der Waals surface area contributed by atoms with E-state index in [-0.39, 0.29) is 12.0 Å². The zero-order valence-electron chi connectivity index (χ0n) is 12.7. The number of ether oxygens (including phenoxy) is 2. The Morgan fingerprint density at radius 3 is 3.00 bits per heavy atom. The maximum absolute atomic E-state index is 10.2. The largest absolute Gasteiger partial charge is 0.390 e. The summed E-state index contributed by atoms with van der Waals surface area (Å²) >= 11 is 0. The molecule has 1 aliphatic heterocycles. The van der Waals surface area contributed by atoms with Crippen LogP contribution in [0.5, 0.6) is 0 Å². The first-order valence-corrected chi connectivity index (χ1v) is 7.62. The first kappa shape index (κ1) is 15.4. The molecule has 1 fully saturated rings. The Labute approximate surface area is 130 Å². The Kier molecular flexibility index (Phi) is 5.00. The van der Waals surface area contributed by atoms with Crippen LogP contribution in [-0.2, 0) is 16.0 Å². The molecule has 0 radical (unpaired) electrons. The van der Waals surface area contributed by atoms with E-state index in [0.29, 0.717) is 26.3 Å². The Bertz CT molecular complexity index is 620. The van der Waals surface area contributed by atoms with Crippen molar-refractivity contribution in [2.45, 2.75) is 18.8 Å². The normalized spacial score (nSPS) is 25.5. The molecule has 0 bridgehead atoms. The van der Waals surface area contributed by atoms with E-state index in [4.69, 9.17) is 9.47 Å². The quantitative estimate of drug-likeness (QED) is 0.873. The number of pyridine rings is 1. The second-order valence-electron chi connectivity index (χ2n) is 5.69. The average Bonchev–Trinajstić information content (AvgIpc) is 2.56. The van der Waals surface area contributed by atoms with Crippen LogP contribution in [0.4, 0.5) is 0 Å². The fourth-order valence-corrected chi connectivity index (χ4v) is 2.82. The van der Waals surface area contributed by atoms with Crippen molar-refractivity contribution in [3.05, 3.63) is 42.1 Å². The van der Waals surface area contributed by atoms with Crippen molar-refractivity contribution in [1.29, 1.82) is 0 Å². The first-order chi connectivity index (χ1) is 10.8. The number of aliphatic hydroxyl groups excluding tert-OH is 1. The Balaban J connectivity index is 1.55. The Morgan fingerprint density at radius 1 is 1.27 bits per heavy atom. The van der Waals surface area contributed by atoms with Crippen molar-refractivity contribution in [3.8, 4) is 0 Å². The molecule has 1 aromatic heterocycles. The molecular formula is C17H22N2O3. The smallest absolute Gasteiger partial charge is 0.107 e. The van der Waals surface area contributed by atoms with E-state index in [9.17, 15) is 5.11 Å². The molecule has 2 N–H and O–H groups in total. The number of hydrogen-bond acceptors (Lipinski definition) is 5. The minimum absolute atomic E-state index is 0.0409. The molecule has 22 heavy (non-hydrogen) atoms. The van der Waals surface area contributed by atoms with E-state index >= 15 is 0 Å². The Hall–Kier alpha value is -1.53. The molecule has 118 valence electrons. The molecule has 2 aromatic rings. The molecule has 0 spiro atoms. The number of rotatable bonds is 5. The number of fused-ring (bicyclic) bond motifs is 1. The summed E-state index contributed by atoms with van der Waals surface area (Å²) in [6, 6.07) is 12.2. The zero-order valence-corrected chi connectivity index (χ0v) is 12.7. The third-order valence-electron chi connectivity index (χ3n) is 4.15. The van der Waals surface area contributed by atoms with Gasteiger partial charge < -0.3 is 19.9 Å². The van der Waals surface area contributed by atoms with Crippen LogP contribution in [0.25, 0.3) is 10.9 Å². The van der Waals surface area contributed by atoms with Gasteiger partial charge in [0.2, 0.25) is 0 Å². The number of hydrogen-bond donors (Lipinski definition) is 2. The van der Waals surface area contributed by atoms with Crippen molar-refractivity contribution < 1.29 is 14.6 Å². The number of para-hydroxylation sites is 1. The highest BCUT2D eigenvalue weighted by atomic mass is 16.5. The number of aromatic nitrogens is 1. The third-order valence-corrected chi connectivity index (χ3v) is 4.15. The van der Waals surface area contributed by atoms with Gasteiger partial charge in [-0.05, 0) is 12.1 Å². The zero-order chi connectivity index (χ0) is 15.4. The lowest BCUT2D eigenvalue weighted by Crippen LogP contribution is -2.48. The van der Waals surface area contributed by atoms with Crippen LogP contribution >= 0.6 is 0 Å². The second-order valence-corrected chi connectivity index (χ2v) is 5.69. The molecule has 5 heteroatoms. The number of nitrogens with zero attached hydrogens (tertiary/aromatic N) is 1. The highest BCUT2D eigenvalue weighted by molar-refractivity contribution is 5.78. The van der Waals surface area contributed by atoms with Crippen LogP contribution in [0.2, 0.25) is 0 Å². The van der Waals surface area contributed by atoms with E-state index in [1.807, 2.05) is 24.3 Å². The molecule has 0 aliphatic carbocycles. The molecule has 0 unspecified atom stereocenters.